The van der Waals surface area contributed by atoms with E-state index in [9.17, 15) is 9.59 Å². The summed E-state index contributed by atoms with van der Waals surface area (Å²) in [6, 6.07) is 9.97. The molecule has 3 aliphatic heterocycles. The van der Waals surface area contributed by atoms with Crippen molar-refractivity contribution in [1.82, 2.24) is 15.5 Å². The van der Waals surface area contributed by atoms with Gasteiger partial charge in [0, 0.05) is 24.5 Å². The van der Waals surface area contributed by atoms with Crippen molar-refractivity contribution in [1.29, 1.82) is 0 Å². The van der Waals surface area contributed by atoms with Crippen LogP contribution in [0, 0.1) is 5.41 Å². The lowest BCUT2D eigenvalue weighted by Crippen LogP contribution is -2.48. The third-order valence-electron chi connectivity index (χ3n) is 6.34. The molecule has 3 N–H and O–H groups in total. The molecule has 1 aromatic rings. The molecule has 0 radical (unpaired) electrons. The number of carbonyl (C=O) groups excluding carboxylic acids is 1. The van der Waals surface area contributed by atoms with Gasteiger partial charge in [0.25, 0.3) is 0 Å². The highest BCUT2D eigenvalue weighted by Crippen LogP contribution is 2.47. The molecule has 3 heterocycles. The molecule has 134 valence electrons. The standard InChI is InChI=1S/C19H25N3O3/c23-17-16(13-4-2-1-3-5-13)19(12-21-17)6-8-22(9-7-19)14-10-15(18(24)25)20-11-14/h1-5,14-16,20H,6-12H2,(H,21,23)(H,24,25)/t14-,15-,16?/m0/s1. The van der Waals surface area contributed by atoms with Crippen molar-refractivity contribution in [3.63, 3.8) is 0 Å². The van der Waals surface area contributed by atoms with E-state index in [-0.39, 0.29) is 17.2 Å². The number of carbonyl (C=O) groups is 2. The summed E-state index contributed by atoms with van der Waals surface area (Å²) in [5, 5.41) is 15.3. The number of nitrogens with one attached hydrogen (secondary N) is 2. The van der Waals surface area contributed by atoms with Crippen LogP contribution in [0.3, 0.4) is 0 Å². The van der Waals surface area contributed by atoms with Crippen molar-refractivity contribution >= 4 is 11.9 Å². The van der Waals surface area contributed by atoms with Gasteiger partial charge in [-0.1, -0.05) is 30.3 Å². The molecule has 1 spiro atoms. The number of likely N-dealkylation sites (tertiary alicyclic amines) is 1. The number of hydrogen-bond acceptors (Lipinski definition) is 4. The van der Waals surface area contributed by atoms with E-state index >= 15 is 0 Å². The number of nitrogens with zero attached hydrogens (tertiary/aromatic N) is 1. The minimum absolute atomic E-state index is 0.00678. The molecule has 3 fully saturated rings. The topological polar surface area (TPSA) is 81.7 Å². The van der Waals surface area contributed by atoms with Crippen LogP contribution in [0.2, 0.25) is 0 Å². The van der Waals surface area contributed by atoms with E-state index in [0.717, 1.165) is 44.6 Å². The summed E-state index contributed by atoms with van der Waals surface area (Å²) >= 11 is 0. The third-order valence-corrected chi connectivity index (χ3v) is 6.34. The fraction of sp³-hybridized carbons (Fsp3) is 0.579. The van der Waals surface area contributed by atoms with E-state index < -0.39 is 12.0 Å². The number of aliphatic carboxylic acids is 1. The Morgan fingerprint density at radius 2 is 1.92 bits per heavy atom. The Morgan fingerprint density at radius 1 is 1.20 bits per heavy atom. The molecule has 0 saturated carbocycles. The second-order valence-corrected chi connectivity index (χ2v) is 7.65. The Hall–Kier alpha value is -1.92. The van der Waals surface area contributed by atoms with Crippen LogP contribution in [-0.4, -0.2) is 60.1 Å². The third kappa shape index (κ3) is 2.93. The Balaban J connectivity index is 1.45. The zero-order valence-corrected chi connectivity index (χ0v) is 14.3. The first-order chi connectivity index (χ1) is 12.1. The molecule has 1 aromatic carbocycles. The molecule has 0 bridgehead atoms. The molecule has 25 heavy (non-hydrogen) atoms. The van der Waals surface area contributed by atoms with Crippen molar-refractivity contribution in [2.45, 2.75) is 37.3 Å². The second-order valence-electron chi connectivity index (χ2n) is 7.65. The van der Waals surface area contributed by atoms with Gasteiger partial charge < -0.3 is 15.7 Å². The van der Waals surface area contributed by atoms with Crippen LogP contribution < -0.4 is 10.6 Å². The van der Waals surface area contributed by atoms with Crippen LogP contribution in [0.5, 0.6) is 0 Å². The smallest absolute Gasteiger partial charge is 0.320 e. The van der Waals surface area contributed by atoms with E-state index in [4.69, 9.17) is 5.11 Å². The maximum atomic E-state index is 12.5. The lowest BCUT2D eigenvalue weighted by atomic mass is 9.68. The second kappa shape index (κ2) is 6.42. The van der Waals surface area contributed by atoms with Crippen molar-refractivity contribution in [2.24, 2.45) is 5.41 Å². The van der Waals surface area contributed by atoms with E-state index in [1.165, 1.54) is 0 Å². The first-order valence-corrected chi connectivity index (χ1v) is 9.12. The van der Waals surface area contributed by atoms with Gasteiger partial charge in [-0.25, -0.2) is 0 Å². The molecule has 0 aromatic heterocycles. The molecule has 6 heteroatoms. The van der Waals surface area contributed by atoms with E-state index in [2.05, 4.69) is 27.7 Å². The monoisotopic (exact) mass is 343 g/mol. The van der Waals surface area contributed by atoms with Gasteiger partial charge in [0.15, 0.2) is 0 Å². The predicted molar refractivity (Wildman–Crippen MR) is 93.3 cm³/mol. The predicted octanol–water partition coefficient (Wildman–Crippen LogP) is 0.797. The molecule has 1 amide bonds. The van der Waals surface area contributed by atoms with Crippen LogP contribution in [0.4, 0.5) is 0 Å². The quantitative estimate of drug-likeness (QED) is 0.756. The molecule has 3 atom stereocenters. The highest BCUT2D eigenvalue weighted by Gasteiger charge is 2.51. The lowest BCUT2D eigenvalue weighted by Gasteiger charge is -2.43. The number of piperidine rings is 1. The Kier molecular flexibility index (Phi) is 4.25. The minimum atomic E-state index is -0.759. The number of carboxylic acid groups (broad SMARTS) is 1. The lowest BCUT2D eigenvalue weighted by molar-refractivity contribution is -0.139. The van der Waals surface area contributed by atoms with Crippen LogP contribution in [0.15, 0.2) is 30.3 Å². The molecule has 1 unspecified atom stereocenters. The normalized spacial score (nSPS) is 32.0. The molecular formula is C19H25N3O3. The van der Waals surface area contributed by atoms with Gasteiger partial charge in [-0.05, 0) is 37.9 Å². The summed E-state index contributed by atoms with van der Waals surface area (Å²) in [7, 11) is 0. The number of amides is 1. The van der Waals surface area contributed by atoms with Gasteiger partial charge in [-0.15, -0.1) is 0 Å². The number of benzene rings is 1. The van der Waals surface area contributed by atoms with Crippen LogP contribution in [0.25, 0.3) is 0 Å². The van der Waals surface area contributed by atoms with E-state index in [1.54, 1.807) is 0 Å². The van der Waals surface area contributed by atoms with Crippen LogP contribution in [0.1, 0.15) is 30.7 Å². The first kappa shape index (κ1) is 16.5. The van der Waals surface area contributed by atoms with Gasteiger partial charge in [0.2, 0.25) is 5.91 Å². The van der Waals surface area contributed by atoms with Gasteiger partial charge in [0.1, 0.15) is 6.04 Å². The fourth-order valence-corrected chi connectivity index (χ4v) is 4.88. The van der Waals surface area contributed by atoms with Gasteiger partial charge in [-0.2, -0.15) is 0 Å². The Labute approximate surface area is 147 Å². The average Bonchev–Trinajstić information content (AvgIpc) is 3.23. The summed E-state index contributed by atoms with van der Waals surface area (Å²) in [4.78, 5) is 26.1. The Bertz CT molecular complexity index is 655. The number of rotatable bonds is 3. The van der Waals surface area contributed by atoms with E-state index in [0.29, 0.717) is 12.5 Å². The van der Waals surface area contributed by atoms with Gasteiger partial charge >= 0.3 is 5.97 Å². The van der Waals surface area contributed by atoms with Crippen molar-refractivity contribution in [3.8, 4) is 0 Å². The highest BCUT2D eigenvalue weighted by atomic mass is 16.4. The first-order valence-electron chi connectivity index (χ1n) is 9.12. The van der Waals surface area contributed by atoms with E-state index in [1.807, 2.05) is 18.2 Å². The minimum Gasteiger partial charge on any atom is -0.480 e. The summed E-state index contributed by atoms with van der Waals surface area (Å²) in [6.07, 6.45) is 2.61. The molecule has 4 rings (SSSR count). The summed E-state index contributed by atoms with van der Waals surface area (Å²) < 4.78 is 0. The van der Waals surface area contributed by atoms with Gasteiger partial charge in [-0.3, -0.25) is 14.5 Å². The van der Waals surface area contributed by atoms with Crippen molar-refractivity contribution < 1.29 is 14.7 Å². The van der Waals surface area contributed by atoms with Crippen LogP contribution in [-0.2, 0) is 9.59 Å². The fourth-order valence-electron chi connectivity index (χ4n) is 4.88. The molecular weight excluding hydrogens is 318 g/mol. The SMILES string of the molecule is O=C1NCC2(CCN([C@@H]3CN[C@H](C(=O)O)C3)CC2)C1c1ccccc1. The Morgan fingerprint density at radius 3 is 2.56 bits per heavy atom. The maximum absolute atomic E-state index is 12.5. The highest BCUT2D eigenvalue weighted by molar-refractivity contribution is 5.87. The summed E-state index contributed by atoms with van der Waals surface area (Å²) in [6.45, 7) is 3.34. The number of hydrogen-bond donors (Lipinski definition) is 3. The largest absolute Gasteiger partial charge is 0.480 e. The van der Waals surface area contributed by atoms with Crippen molar-refractivity contribution in [3.05, 3.63) is 35.9 Å². The zero-order valence-electron chi connectivity index (χ0n) is 14.3. The van der Waals surface area contributed by atoms with Crippen LogP contribution >= 0.6 is 0 Å². The molecule has 6 nitrogen and oxygen atoms in total. The van der Waals surface area contributed by atoms with Crippen molar-refractivity contribution in [2.75, 3.05) is 26.2 Å². The summed E-state index contributed by atoms with van der Waals surface area (Å²) in [5.74, 6) is -0.678. The molecule has 0 aliphatic carbocycles. The molecule has 3 saturated heterocycles. The maximum Gasteiger partial charge on any atom is 0.320 e. The average molecular weight is 343 g/mol. The van der Waals surface area contributed by atoms with Gasteiger partial charge in [0.05, 0.1) is 5.92 Å². The number of carboxylic acids is 1. The molecule has 3 aliphatic rings. The summed E-state index contributed by atoms with van der Waals surface area (Å²) in [5.41, 5.74) is 1.10. The zero-order chi connectivity index (χ0) is 17.4.